The third-order valence-electron chi connectivity index (χ3n) is 4.63. The van der Waals surface area contributed by atoms with Crippen LogP contribution in [0.15, 0.2) is 79.0 Å². The maximum absolute atomic E-state index is 12.3. The number of aromatic nitrogens is 2. The van der Waals surface area contributed by atoms with Gasteiger partial charge in [0.25, 0.3) is 0 Å². The van der Waals surface area contributed by atoms with Crippen LogP contribution < -0.4 is 5.32 Å². The highest BCUT2D eigenvalue weighted by Gasteiger charge is 2.06. The molecule has 0 amide bonds. The van der Waals surface area contributed by atoms with Gasteiger partial charge in [-0.25, -0.2) is 0 Å². The minimum Gasteiger partial charge on any atom is -0.378 e. The summed E-state index contributed by atoms with van der Waals surface area (Å²) in [5.74, 6) is -0.0171. The van der Waals surface area contributed by atoms with Gasteiger partial charge in [-0.3, -0.25) is 9.48 Å². The summed E-state index contributed by atoms with van der Waals surface area (Å²) in [4.78, 5) is 12.3. The molecule has 0 aliphatic heterocycles. The van der Waals surface area contributed by atoms with E-state index in [0.29, 0.717) is 17.7 Å². The molecular weight excluding hydrogens is 348 g/mol. The second-order valence-corrected chi connectivity index (χ2v) is 6.52. The number of ketones is 1. The molecule has 1 aromatic heterocycles. The number of para-hydroxylation sites is 1. The molecule has 136 valence electrons. The number of Topliss-reactive ketones (excluding diaryl/α,β-unsaturated/α-hetero) is 1. The summed E-state index contributed by atoms with van der Waals surface area (Å²) in [6.45, 7) is 0.896. The number of fused-ring (bicyclic) bond motifs is 1. The van der Waals surface area contributed by atoms with Crippen molar-refractivity contribution in [3.8, 4) is 6.07 Å². The number of nitrogens with zero attached hydrogens (tertiary/aromatic N) is 3. The van der Waals surface area contributed by atoms with Crippen LogP contribution in [0.25, 0.3) is 10.9 Å². The number of anilines is 1. The summed E-state index contributed by atoms with van der Waals surface area (Å²) in [7, 11) is 0. The third kappa shape index (κ3) is 3.76. The Kier molecular flexibility index (Phi) is 4.85. The molecule has 0 aliphatic rings. The zero-order valence-electron chi connectivity index (χ0n) is 15.2. The first-order valence-electron chi connectivity index (χ1n) is 9.00. The van der Waals surface area contributed by atoms with Gasteiger partial charge >= 0.3 is 0 Å². The van der Waals surface area contributed by atoms with Gasteiger partial charge in [-0.15, -0.1) is 0 Å². The lowest BCUT2D eigenvalue weighted by molar-refractivity contribution is 0.101. The summed E-state index contributed by atoms with van der Waals surface area (Å²) in [5.41, 5.74) is 4.27. The van der Waals surface area contributed by atoms with Crippen molar-refractivity contribution in [2.24, 2.45) is 0 Å². The van der Waals surface area contributed by atoms with Crippen LogP contribution in [0.4, 0.5) is 5.69 Å². The molecule has 0 saturated heterocycles. The third-order valence-corrected chi connectivity index (χ3v) is 4.63. The Hall–Kier alpha value is -3.91. The summed E-state index contributed by atoms with van der Waals surface area (Å²) < 4.78 is 1.98. The average molecular weight is 366 g/mol. The molecule has 0 radical (unpaired) electrons. The van der Waals surface area contributed by atoms with Gasteiger partial charge < -0.3 is 5.32 Å². The molecule has 0 aliphatic carbocycles. The van der Waals surface area contributed by atoms with Crippen LogP contribution in [0.1, 0.15) is 21.5 Å². The van der Waals surface area contributed by atoms with Crippen LogP contribution in [0.3, 0.4) is 0 Å². The van der Waals surface area contributed by atoms with E-state index in [1.54, 1.807) is 24.3 Å². The number of hydrogen-bond donors (Lipinski definition) is 1. The summed E-state index contributed by atoms with van der Waals surface area (Å²) in [6, 6.07) is 24.8. The largest absolute Gasteiger partial charge is 0.378 e. The highest BCUT2D eigenvalue weighted by Crippen LogP contribution is 2.16. The lowest BCUT2D eigenvalue weighted by atomic mass is 10.1. The van der Waals surface area contributed by atoms with Crippen molar-refractivity contribution in [1.82, 2.24) is 9.78 Å². The average Bonchev–Trinajstić information content (AvgIpc) is 3.16. The maximum atomic E-state index is 12.3. The topological polar surface area (TPSA) is 70.7 Å². The Balaban J connectivity index is 1.38. The molecule has 0 spiro atoms. The predicted molar refractivity (Wildman–Crippen MR) is 109 cm³/mol. The van der Waals surface area contributed by atoms with Crippen LogP contribution in [0, 0.1) is 11.3 Å². The lowest BCUT2D eigenvalue weighted by Gasteiger charge is -2.08. The van der Waals surface area contributed by atoms with Crippen LogP contribution in [0.5, 0.6) is 0 Å². The van der Waals surface area contributed by atoms with Crippen molar-refractivity contribution in [3.05, 3.63) is 95.7 Å². The van der Waals surface area contributed by atoms with E-state index in [1.165, 1.54) is 0 Å². The SMILES string of the molecule is N#Cc1ccc(C(=O)CNc2ccc(Cn3ncc4ccccc43)cc2)cc1. The first-order valence-corrected chi connectivity index (χ1v) is 9.00. The number of nitrogens with one attached hydrogen (secondary N) is 1. The molecule has 28 heavy (non-hydrogen) atoms. The van der Waals surface area contributed by atoms with Crippen molar-refractivity contribution in [2.75, 3.05) is 11.9 Å². The Morgan fingerprint density at radius 1 is 1.00 bits per heavy atom. The molecule has 5 heteroatoms. The van der Waals surface area contributed by atoms with E-state index in [2.05, 4.69) is 22.5 Å². The van der Waals surface area contributed by atoms with E-state index in [1.807, 2.05) is 53.3 Å². The fourth-order valence-electron chi connectivity index (χ4n) is 3.07. The summed E-state index contributed by atoms with van der Waals surface area (Å²) in [5, 5.41) is 17.6. The number of rotatable bonds is 6. The first-order chi connectivity index (χ1) is 13.7. The fraction of sp³-hybridized carbons (Fsp3) is 0.0870. The lowest BCUT2D eigenvalue weighted by Crippen LogP contribution is -2.14. The second kappa shape index (κ2) is 7.77. The van der Waals surface area contributed by atoms with Crippen molar-refractivity contribution in [3.63, 3.8) is 0 Å². The van der Waals surface area contributed by atoms with Crippen LogP contribution in [-0.4, -0.2) is 22.1 Å². The van der Waals surface area contributed by atoms with Gasteiger partial charge in [0.2, 0.25) is 0 Å². The number of carbonyl (C=O) groups excluding carboxylic acids is 1. The molecule has 4 rings (SSSR count). The first kappa shape index (κ1) is 17.5. The van der Waals surface area contributed by atoms with Crippen molar-refractivity contribution < 1.29 is 4.79 Å². The highest BCUT2D eigenvalue weighted by atomic mass is 16.1. The van der Waals surface area contributed by atoms with E-state index in [9.17, 15) is 4.79 Å². The smallest absolute Gasteiger partial charge is 0.181 e. The fourth-order valence-corrected chi connectivity index (χ4v) is 3.07. The molecule has 0 unspecified atom stereocenters. The minimum absolute atomic E-state index is 0.0171. The van der Waals surface area contributed by atoms with E-state index in [0.717, 1.165) is 22.2 Å². The molecule has 5 nitrogen and oxygen atoms in total. The van der Waals surface area contributed by atoms with Gasteiger partial charge in [-0.2, -0.15) is 10.4 Å². The minimum atomic E-state index is -0.0171. The zero-order valence-corrected chi connectivity index (χ0v) is 15.2. The van der Waals surface area contributed by atoms with Crippen molar-refractivity contribution >= 4 is 22.4 Å². The molecule has 0 bridgehead atoms. The van der Waals surface area contributed by atoms with Gasteiger partial charge in [-0.1, -0.05) is 42.5 Å². The van der Waals surface area contributed by atoms with Gasteiger partial charge in [0, 0.05) is 16.6 Å². The van der Waals surface area contributed by atoms with Crippen LogP contribution >= 0.6 is 0 Å². The van der Waals surface area contributed by atoms with Gasteiger partial charge in [-0.05, 0) is 35.9 Å². The number of benzene rings is 3. The Bertz CT molecular complexity index is 1150. The van der Waals surface area contributed by atoms with Gasteiger partial charge in [0.1, 0.15) is 0 Å². The molecule has 1 heterocycles. The number of nitriles is 1. The summed E-state index contributed by atoms with van der Waals surface area (Å²) >= 11 is 0. The Morgan fingerprint density at radius 3 is 2.50 bits per heavy atom. The molecular formula is C23H18N4O. The normalized spacial score (nSPS) is 10.5. The van der Waals surface area contributed by atoms with E-state index in [-0.39, 0.29) is 12.3 Å². The zero-order chi connectivity index (χ0) is 19.3. The monoisotopic (exact) mass is 366 g/mol. The standard InChI is InChI=1S/C23H18N4O/c24-13-17-5-9-19(10-6-17)23(28)15-25-21-11-7-18(8-12-21)16-27-22-4-2-1-3-20(22)14-26-27/h1-12,14,25H,15-16H2. The highest BCUT2D eigenvalue weighted by molar-refractivity contribution is 5.99. The molecule has 0 saturated carbocycles. The molecule has 3 aromatic carbocycles. The van der Waals surface area contributed by atoms with Gasteiger partial charge in [0.05, 0.1) is 36.4 Å². The van der Waals surface area contributed by atoms with E-state index >= 15 is 0 Å². The summed E-state index contributed by atoms with van der Waals surface area (Å²) in [6.07, 6.45) is 1.88. The number of carbonyl (C=O) groups is 1. The molecule has 4 aromatic rings. The molecule has 1 N–H and O–H groups in total. The van der Waals surface area contributed by atoms with E-state index < -0.39 is 0 Å². The van der Waals surface area contributed by atoms with Crippen LogP contribution in [-0.2, 0) is 6.54 Å². The van der Waals surface area contributed by atoms with Gasteiger partial charge in [0.15, 0.2) is 5.78 Å². The quantitative estimate of drug-likeness (QED) is 0.518. The van der Waals surface area contributed by atoms with E-state index in [4.69, 9.17) is 5.26 Å². The maximum Gasteiger partial charge on any atom is 0.181 e. The van der Waals surface area contributed by atoms with Crippen molar-refractivity contribution in [1.29, 1.82) is 5.26 Å². The molecule has 0 fully saturated rings. The Labute approximate surface area is 162 Å². The second-order valence-electron chi connectivity index (χ2n) is 6.52. The van der Waals surface area contributed by atoms with Crippen LogP contribution in [0.2, 0.25) is 0 Å². The predicted octanol–water partition coefficient (Wildman–Crippen LogP) is 4.25. The van der Waals surface area contributed by atoms with Crippen molar-refractivity contribution in [2.45, 2.75) is 6.54 Å². The number of hydrogen-bond acceptors (Lipinski definition) is 4. The Morgan fingerprint density at radius 2 is 1.75 bits per heavy atom. The molecule has 0 atom stereocenters.